The minimum atomic E-state index is 0.511. The summed E-state index contributed by atoms with van der Waals surface area (Å²) in [6, 6.07) is 15.9. The van der Waals surface area contributed by atoms with Gasteiger partial charge in [0.1, 0.15) is 0 Å². The maximum atomic E-state index is 3.41. The molecule has 1 N–H and O–H groups in total. The van der Waals surface area contributed by atoms with Crippen molar-refractivity contribution in [3.63, 3.8) is 0 Å². The minimum absolute atomic E-state index is 0.511. The zero-order valence-electron chi connectivity index (χ0n) is 10.9. The van der Waals surface area contributed by atoms with Crippen LogP contribution in [0.2, 0.25) is 0 Å². The quantitative estimate of drug-likeness (QED) is 0.868. The molecule has 94 valence electrons. The summed E-state index contributed by atoms with van der Waals surface area (Å²) >= 11 is 0. The van der Waals surface area contributed by atoms with Crippen LogP contribution in [0, 0.1) is 0 Å². The van der Waals surface area contributed by atoms with Crippen LogP contribution in [0.3, 0.4) is 0 Å². The van der Waals surface area contributed by atoms with Crippen LogP contribution in [-0.4, -0.2) is 31.1 Å². The van der Waals surface area contributed by atoms with Gasteiger partial charge in [-0.15, -0.1) is 0 Å². The van der Waals surface area contributed by atoms with E-state index in [4.69, 9.17) is 0 Å². The first-order chi connectivity index (χ1) is 8.84. The van der Waals surface area contributed by atoms with Crippen LogP contribution in [0.4, 0.5) is 0 Å². The lowest BCUT2D eigenvalue weighted by Gasteiger charge is -2.33. The molecule has 1 saturated heterocycles. The Labute approximate surface area is 109 Å². The van der Waals surface area contributed by atoms with Gasteiger partial charge in [-0.05, 0) is 29.3 Å². The molecule has 0 bridgehead atoms. The monoisotopic (exact) mass is 240 g/mol. The molecule has 2 nitrogen and oxygen atoms in total. The van der Waals surface area contributed by atoms with Crippen LogP contribution in [0.15, 0.2) is 42.5 Å². The first-order valence-corrected chi connectivity index (χ1v) is 6.78. The van der Waals surface area contributed by atoms with Crippen LogP contribution >= 0.6 is 0 Å². The molecule has 0 spiro atoms. The summed E-state index contributed by atoms with van der Waals surface area (Å²) in [6.45, 7) is 6.83. The molecule has 1 heterocycles. The zero-order chi connectivity index (χ0) is 12.4. The molecule has 0 amide bonds. The highest BCUT2D eigenvalue weighted by Gasteiger charge is 2.17. The van der Waals surface area contributed by atoms with Gasteiger partial charge in [-0.25, -0.2) is 0 Å². The summed E-state index contributed by atoms with van der Waals surface area (Å²) in [5, 5.41) is 6.08. The van der Waals surface area contributed by atoms with Gasteiger partial charge in [0.15, 0.2) is 0 Å². The molecule has 1 aliphatic heterocycles. The van der Waals surface area contributed by atoms with Crippen molar-refractivity contribution in [1.29, 1.82) is 0 Å². The number of nitrogens with zero attached hydrogens (tertiary/aromatic N) is 1. The molecule has 1 atom stereocenters. The summed E-state index contributed by atoms with van der Waals surface area (Å²) in [5.74, 6) is 0. The standard InChI is InChI=1S/C16H20N2/c1-13(18-10-8-17-9-11-18)15-7-6-14-4-2-3-5-16(14)12-15/h2-7,12-13,17H,8-11H2,1H3/t13-/m0/s1. The van der Waals surface area contributed by atoms with Crippen LogP contribution in [0.25, 0.3) is 10.8 Å². The topological polar surface area (TPSA) is 15.3 Å². The molecule has 1 fully saturated rings. The largest absolute Gasteiger partial charge is 0.314 e. The summed E-state index contributed by atoms with van der Waals surface area (Å²) in [7, 11) is 0. The van der Waals surface area contributed by atoms with E-state index in [0.29, 0.717) is 6.04 Å². The second-order valence-corrected chi connectivity index (χ2v) is 5.07. The normalized spacial score (nSPS) is 18.9. The van der Waals surface area contributed by atoms with Crippen molar-refractivity contribution < 1.29 is 0 Å². The van der Waals surface area contributed by atoms with E-state index in [0.717, 1.165) is 26.2 Å². The average molecular weight is 240 g/mol. The Bertz CT molecular complexity index is 529. The van der Waals surface area contributed by atoms with Gasteiger partial charge in [-0.1, -0.05) is 36.4 Å². The highest BCUT2D eigenvalue weighted by atomic mass is 15.2. The minimum Gasteiger partial charge on any atom is -0.314 e. The van der Waals surface area contributed by atoms with Crippen LogP contribution in [0.1, 0.15) is 18.5 Å². The molecule has 0 aliphatic carbocycles. The molecule has 3 rings (SSSR count). The third-order valence-electron chi connectivity index (χ3n) is 3.96. The molecule has 2 heteroatoms. The van der Waals surface area contributed by atoms with Gasteiger partial charge in [0.05, 0.1) is 0 Å². The Hall–Kier alpha value is -1.38. The second kappa shape index (κ2) is 5.09. The van der Waals surface area contributed by atoms with Crippen LogP contribution in [-0.2, 0) is 0 Å². The Balaban J connectivity index is 1.88. The third kappa shape index (κ3) is 2.26. The van der Waals surface area contributed by atoms with Gasteiger partial charge in [0.25, 0.3) is 0 Å². The van der Waals surface area contributed by atoms with Gasteiger partial charge in [-0.2, -0.15) is 0 Å². The maximum absolute atomic E-state index is 3.41. The lowest BCUT2D eigenvalue weighted by molar-refractivity contribution is 0.185. The first-order valence-electron chi connectivity index (χ1n) is 6.78. The Morgan fingerprint density at radius 1 is 1.00 bits per heavy atom. The van der Waals surface area contributed by atoms with Gasteiger partial charge in [0, 0.05) is 32.2 Å². The van der Waals surface area contributed by atoms with Crippen molar-refractivity contribution in [2.24, 2.45) is 0 Å². The molecule has 1 aliphatic rings. The molecular weight excluding hydrogens is 220 g/mol. The lowest BCUT2D eigenvalue weighted by atomic mass is 10.0. The fourth-order valence-electron chi connectivity index (χ4n) is 2.75. The fraction of sp³-hybridized carbons (Fsp3) is 0.375. The van der Waals surface area contributed by atoms with E-state index in [-0.39, 0.29) is 0 Å². The second-order valence-electron chi connectivity index (χ2n) is 5.07. The molecular formula is C16H20N2. The molecule has 2 aromatic carbocycles. The Morgan fingerprint density at radius 3 is 2.50 bits per heavy atom. The van der Waals surface area contributed by atoms with E-state index in [2.05, 4.69) is 59.6 Å². The van der Waals surface area contributed by atoms with Crippen molar-refractivity contribution in [2.45, 2.75) is 13.0 Å². The summed E-state index contributed by atoms with van der Waals surface area (Å²) < 4.78 is 0. The van der Waals surface area contributed by atoms with Crippen LogP contribution in [0.5, 0.6) is 0 Å². The SMILES string of the molecule is C[C@@H](c1ccc2ccccc2c1)N1CCNCC1. The summed E-state index contributed by atoms with van der Waals surface area (Å²) in [5.41, 5.74) is 1.43. The lowest BCUT2D eigenvalue weighted by Crippen LogP contribution is -2.44. The molecule has 2 aromatic rings. The molecule has 18 heavy (non-hydrogen) atoms. The van der Waals surface area contributed by atoms with Gasteiger partial charge in [0.2, 0.25) is 0 Å². The van der Waals surface area contributed by atoms with Crippen molar-refractivity contribution in [2.75, 3.05) is 26.2 Å². The molecule has 0 unspecified atom stereocenters. The molecule has 0 radical (unpaired) electrons. The fourth-order valence-corrected chi connectivity index (χ4v) is 2.75. The van der Waals surface area contributed by atoms with Crippen LogP contribution < -0.4 is 5.32 Å². The summed E-state index contributed by atoms with van der Waals surface area (Å²) in [6.07, 6.45) is 0. The third-order valence-corrected chi connectivity index (χ3v) is 3.96. The Morgan fingerprint density at radius 2 is 1.72 bits per heavy atom. The van der Waals surface area contributed by atoms with Crippen molar-refractivity contribution >= 4 is 10.8 Å². The number of fused-ring (bicyclic) bond motifs is 1. The highest BCUT2D eigenvalue weighted by molar-refractivity contribution is 5.83. The van der Waals surface area contributed by atoms with E-state index in [1.807, 2.05) is 0 Å². The predicted molar refractivity (Wildman–Crippen MR) is 76.8 cm³/mol. The number of hydrogen-bond donors (Lipinski definition) is 1. The molecule has 0 saturated carbocycles. The number of rotatable bonds is 2. The van der Waals surface area contributed by atoms with Gasteiger partial charge >= 0.3 is 0 Å². The number of piperazine rings is 1. The Kier molecular flexibility index (Phi) is 3.31. The highest BCUT2D eigenvalue weighted by Crippen LogP contribution is 2.24. The number of nitrogens with one attached hydrogen (secondary N) is 1. The zero-order valence-corrected chi connectivity index (χ0v) is 10.9. The van der Waals surface area contributed by atoms with E-state index in [1.54, 1.807) is 0 Å². The van der Waals surface area contributed by atoms with Gasteiger partial charge < -0.3 is 5.32 Å². The van der Waals surface area contributed by atoms with E-state index in [1.165, 1.54) is 16.3 Å². The van der Waals surface area contributed by atoms with E-state index in [9.17, 15) is 0 Å². The van der Waals surface area contributed by atoms with Crippen molar-refractivity contribution in [3.05, 3.63) is 48.0 Å². The smallest absolute Gasteiger partial charge is 0.0321 e. The summed E-state index contributed by atoms with van der Waals surface area (Å²) in [4.78, 5) is 2.56. The predicted octanol–water partition coefficient (Wildman–Crippen LogP) is 2.81. The van der Waals surface area contributed by atoms with E-state index < -0.39 is 0 Å². The number of hydrogen-bond acceptors (Lipinski definition) is 2. The van der Waals surface area contributed by atoms with Gasteiger partial charge in [-0.3, -0.25) is 4.90 Å². The average Bonchev–Trinajstić information content (AvgIpc) is 2.47. The van der Waals surface area contributed by atoms with Crippen molar-refractivity contribution in [1.82, 2.24) is 10.2 Å². The molecule has 0 aromatic heterocycles. The van der Waals surface area contributed by atoms with E-state index >= 15 is 0 Å². The first kappa shape index (κ1) is 11.7. The number of benzene rings is 2. The maximum Gasteiger partial charge on any atom is 0.0321 e. The van der Waals surface area contributed by atoms with Crippen molar-refractivity contribution in [3.8, 4) is 0 Å².